The highest BCUT2D eigenvalue weighted by Gasteiger charge is 2.18. The zero-order valence-corrected chi connectivity index (χ0v) is 14.4. The fraction of sp³-hybridized carbons (Fsp3) is 0.438. The second kappa shape index (κ2) is 6.55. The Morgan fingerprint density at radius 3 is 2.95 bits per heavy atom. The molecule has 1 aliphatic carbocycles. The predicted octanol–water partition coefficient (Wildman–Crippen LogP) is 4.77. The number of nitrogens with zero attached hydrogens (tertiary/aromatic N) is 1. The first-order valence-electron chi connectivity index (χ1n) is 7.29. The molecule has 1 aliphatic rings. The third kappa shape index (κ3) is 3.52. The molecular weight excluding hydrogens is 351 g/mol. The highest BCUT2D eigenvalue weighted by molar-refractivity contribution is 9.10. The summed E-state index contributed by atoms with van der Waals surface area (Å²) in [5, 5.41) is 4.59. The van der Waals surface area contributed by atoms with Crippen LogP contribution in [-0.4, -0.2) is 4.98 Å². The van der Waals surface area contributed by atoms with Gasteiger partial charge in [-0.05, 0) is 66.2 Å². The lowest BCUT2D eigenvalue weighted by atomic mass is 10.0. The van der Waals surface area contributed by atoms with Crippen LogP contribution in [0.4, 0.5) is 4.39 Å². The molecule has 1 aromatic carbocycles. The molecule has 5 heteroatoms. The molecule has 1 aromatic heterocycles. The molecule has 0 radical (unpaired) electrons. The molecule has 0 fully saturated rings. The highest BCUT2D eigenvalue weighted by Crippen LogP contribution is 2.29. The van der Waals surface area contributed by atoms with Crippen LogP contribution in [0.1, 0.15) is 46.9 Å². The van der Waals surface area contributed by atoms with Crippen molar-refractivity contribution in [2.24, 2.45) is 0 Å². The van der Waals surface area contributed by atoms with Crippen molar-refractivity contribution in [3.8, 4) is 0 Å². The van der Waals surface area contributed by atoms with E-state index >= 15 is 0 Å². The van der Waals surface area contributed by atoms with Gasteiger partial charge in [0, 0.05) is 11.4 Å². The zero-order valence-electron chi connectivity index (χ0n) is 12.0. The number of thiazole rings is 1. The number of hydrogen-bond acceptors (Lipinski definition) is 3. The fourth-order valence-corrected chi connectivity index (χ4v) is 3.99. The maximum absolute atomic E-state index is 13.5. The van der Waals surface area contributed by atoms with Gasteiger partial charge in [-0.3, -0.25) is 0 Å². The maximum atomic E-state index is 13.5. The number of nitrogens with one attached hydrogen (secondary N) is 1. The summed E-state index contributed by atoms with van der Waals surface area (Å²) in [6, 6.07) is 5.45. The summed E-state index contributed by atoms with van der Waals surface area (Å²) in [4.78, 5) is 6.23. The summed E-state index contributed by atoms with van der Waals surface area (Å²) in [6.45, 7) is 2.77. The van der Waals surface area contributed by atoms with E-state index in [0.717, 1.165) is 17.0 Å². The van der Waals surface area contributed by atoms with Crippen molar-refractivity contribution in [3.05, 3.63) is 49.6 Å². The first-order chi connectivity index (χ1) is 10.1. The zero-order chi connectivity index (χ0) is 14.8. The Morgan fingerprint density at radius 1 is 1.38 bits per heavy atom. The molecule has 1 unspecified atom stereocenters. The van der Waals surface area contributed by atoms with Gasteiger partial charge in [0.2, 0.25) is 0 Å². The summed E-state index contributed by atoms with van der Waals surface area (Å²) in [5.41, 5.74) is 2.24. The Morgan fingerprint density at radius 2 is 2.19 bits per heavy atom. The number of hydrogen-bond donors (Lipinski definition) is 1. The number of fused-ring (bicyclic) bond motifs is 1. The fourth-order valence-electron chi connectivity index (χ4n) is 2.57. The van der Waals surface area contributed by atoms with Gasteiger partial charge in [0.05, 0.1) is 16.2 Å². The normalized spacial score (nSPS) is 15.8. The Balaban J connectivity index is 1.64. The van der Waals surface area contributed by atoms with Crippen molar-refractivity contribution in [1.82, 2.24) is 10.3 Å². The van der Waals surface area contributed by atoms with Crippen LogP contribution in [0.25, 0.3) is 0 Å². The maximum Gasteiger partial charge on any atom is 0.137 e. The molecule has 0 saturated carbocycles. The number of aryl methyl sites for hydroxylation is 2. The van der Waals surface area contributed by atoms with Crippen LogP contribution >= 0.6 is 27.3 Å². The summed E-state index contributed by atoms with van der Waals surface area (Å²) in [5.74, 6) is -0.216. The minimum atomic E-state index is -0.216. The average molecular weight is 369 g/mol. The van der Waals surface area contributed by atoms with Crippen LogP contribution in [0.2, 0.25) is 0 Å². The van der Waals surface area contributed by atoms with E-state index in [1.165, 1.54) is 29.8 Å². The first-order valence-corrected chi connectivity index (χ1v) is 8.90. The number of rotatable bonds is 4. The Labute approximate surface area is 136 Å². The van der Waals surface area contributed by atoms with Crippen LogP contribution < -0.4 is 5.32 Å². The van der Waals surface area contributed by atoms with E-state index < -0.39 is 0 Å². The molecule has 0 bridgehead atoms. The van der Waals surface area contributed by atoms with Gasteiger partial charge in [0.1, 0.15) is 10.8 Å². The number of aromatic nitrogens is 1. The monoisotopic (exact) mass is 368 g/mol. The Hall–Kier alpha value is -0.780. The van der Waals surface area contributed by atoms with Gasteiger partial charge in [-0.1, -0.05) is 6.07 Å². The van der Waals surface area contributed by atoms with Gasteiger partial charge in [0.15, 0.2) is 0 Å². The second-order valence-corrected chi connectivity index (χ2v) is 7.45. The van der Waals surface area contributed by atoms with Gasteiger partial charge in [-0.15, -0.1) is 11.3 Å². The smallest absolute Gasteiger partial charge is 0.137 e. The van der Waals surface area contributed by atoms with Crippen molar-refractivity contribution in [2.45, 2.75) is 45.2 Å². The molecule has 2 aromatic rings. The Kier molecular flexibility index (Phi) is 4.72. The van der Waals surface area contributed by atoms with Crippen molar-refractivity contribution in [1.29, 1.82) is 0 Å². The predicted molar refractivity (Wildman–Crippen MR) is 88.1 cm³/mol. The number of benzene rings is 1. The van der Waals surface area contributed by atoms with Crippen LogP contribution in [-0.2, 0) is 19.4 Å². The summed E-state index contributed by atoms with van der Waals surface area (Å²) >= 11 is 5.00. The second-order valence-electron chi connectivity index (χ2n) is 5.48. The van der Waals surface area contributed by atoms with E-state index in [1.807, 2.05) is 17.4 Å². The van der Waals surface area contributed by atoms with Crippen LogP contribution in [0, 0.1) is 5.82 Å². The topological polar surface area (TPSA) is 24.9 Å². The standard InChI is InChI=1S/C16H18BrFN2S/c1-10(16-20-14-4-2-3-5-15(14)21-16)19-9-11-6-7-12(17)13(18)8-11/h6-8,10,19H,2-5,9H2,1H3. The lowest BCUT2D eigenvalue weighted by Crippen LogP contribution is -2.18. The van der Waals surface area contributed by atoms with Gasteiger partial charge in [-0.25, -0.2) is 9.37 Å². The highest BCUT2D eigenvalue weighted by atomic mass is 79.9. The van der Waals surface area contributed by atoms with Crippen molar-refractivity contribution in [3.63, 3.8) is 0 Å². The van der Waals surface area contributed by atoms with Crippen LogP contribution in [0.15, 0.2) is 22.7 Å². The molecule has 0 aliphatic heterocycles. The third-order valence-corrected chi connectivity index (χ3v) is 5.81. The molecule has 1 heterocycles. The molecule has 112 valence electrons. The summed E-state index contributed by atoms with van der Waals surface area (Å²) in [7, 11) is 0. The minimum absolute atomic E-state index is 0.201. The van der Waals surface area contributed by atoms with Crippen molar-refractivity contribution < 1.29 is 4.39 Å². The molecule has 0 spiro atoms. The molecule has 21 heavy (non-hydrogen) atoms. The lowest BCUT2D eigenvalue weighted by molar-refractivity contribution is 0.563. The van der Waals surface area contributed by atoms with Crippen LogP contribution in [0.3, 0.4) is 0 Å². The van der Waals surface area contributed by atoms with E-state index in [2.05, 4.69) is 28.2 Å². The molecule has 0 saturated heterocycles. The molecule has 2 nitrogen and oxygen atoms in total. The van der Waals surface area contributed by atoms with Gasteiger partial charge in [0.25, 0.3) is 0 Å². The van der Waals surface area contributed by atoms with Gasteiger partial charge >= 0.3 is 0 Å². The van der Waals surface area contributed by atoms with E-state index in [-0.39, 0.29) is 11.9 Å². The van der Waals surface area contributed by atoms with Crippen molar-refractivity contribution in [2.75, 3.05) is 0 Å². The lowest BCUT2D eigenvalue weighted by Gasteiger charge is -2.11. The molecule has 3 rings (SSSR count). The molecular formula is C16H18BrFN2S. The SMILES string of the molecule is CC(NCc1ccc(Br)c(F)c1)c1nc2c(s1)CCCC2. The van der Waals surface area contributed by atoms with E-state index in [9.17, 15) is 4.39 Å². The third-order valence-electron chi connectivity index (χ3n) is 3.83. The summed E-state index contributed by atoms with van der Waals surface area (Å²) in [6.07, 6.45) is 4.85. The minimum Gasteiger partial charge on any atom is -0.304 e. The van der Waals surface area contributed by atoms with E-state index in [0.29, 0.717) is 11.0 Å². The quantitative estimate of drug-likeness (QED) is 0.840. The van der Waals surface area contributed by atoms with Crippen LogP contribution in [0.5, 0.6) is 0 Å². The largest absolute Gasteiger partial charge is 0.304 e. The van der Waals surface area contributed by atoms with Crippen molar-refractivity contribution >= 4 is 27.3 Å². The number of halogens is 2. The molecule has 1 N–H and O–H groups in total. The average Bonchev–Trinajstić information content (AvgIpc) is 2.92. The molecule has 1 atom stereocenters. The van der Waals surface area contributed by atoms with E-state index in [4.69, 9.17) is 4.98 Å². The van der Waals surface area contributed by atoms with Gasteiger partial charge < -0.3 is 5.32 Å². The van der Waals surface area contributed by atoms with Gasteiger partial charge in [-0.2, -0.15) is 0 Å². The Bertz CT molecular complexity index is 618. The summed E-state index contributed by atoms with van der Waals surface area (Å²) < 4.78 is 14.0. The first kappa shape index (κ1) is 15.1. The molecule has 0 amide bonds. The van der Waals surface area contributed by atoms with E-state index in [1.54, 1.807) is 12.1 Å².